The molecule has 0 radical (unpaired) electrons. The average Bonchev–Trinajstić information content (AvgIpc) is 2.79. The second-order valence-corrected chi connectivity index (χ2v) is 6.30. The molecule has 2 fully saturated rings. The molecule has 0 spiro atoms. The summed E-state index contributed by atoms with van der Waals surface area (Å²) in [5.41, 5.74) is -0.297. The summed E-state index contributed by atoms with van der Waals surface area (Å²) in [6.07, 6.45) is 7.52. The van der Waals surface area contributed by atoms with Gasteiger partial charge in [-0.1, -0.05) is 19.3 Å². The van der Waals surface area contributed by atoms with Crippen LogP contribution in [-0.2, 0) is 4.79 Å². The number of nitrogens with one attached hydrogen (secondary N) is 1. The molecule has 1 aliphatic heterocycles. The van der Waals surface area contributed by atoms with Crippen molar-refractivity contribution in [2.75, 3.05) is 12.4 Å². The summed E-state index contributed by atoms with van der Waals surface area (Å²) in [6, 6.07) is 0. The first kappa shape index (κ1) is 12.2. The van der Waals surface area contributed by atoms with Crippen molar-refractivity contribution in [3.63, 3.8) is 0 Å². The number of carbonyl (C=O) groups is 1. The van der Waals surface area contributed by atoms with E-state index in [1.807, 2.05) is 0 Å². The highest BCUT2D eigenvalue weighted by Gasteiger charge is 2.36. The SMILES string of the molecule is O=C(NC1(CO)CCCC1)C1CCCCS1. The van der Waals surface area contributed by atoms with Crippen molar-refractivity contribution in [1.82, 2.24) is 5.32 Å². The molecule has 2 N–H and O–H groups in total. The number of hydrogen-bond acceptors (Lipinski definition) is 3. The third-order valence-corrected chi connectivity index (χ3v) is 5.10. The summed E-state index contributed by atoms with van der Waals surface area (Å²) in [7, 11) is 0. The number of hydrogen-bond donors (Lipinski definition) is 2. The molecule has 2 rings (SSSR count). The Morgan fingerprint density at radius 3 is 2.62 bits per heavy atom. The number of thioether (sulfide) groups is 1. The molecule has 0 aromatic heterocycles. The van der Waals surface area contributed by atoms with E-state index >= 15 is 0 Å². The van der Waals surface area contributed by atoms with Crippen LogP contribution in [0.4, 0.5) is 0 Å². The summed E-state index contributed by atoms with van der Waals surface area (Å²) >= 11 is 1.77. The second kappa shape index (κ2) is 5.41. The third kappa shape index (κ3) is 2.72. The zero-order valence-corrected chi connectivity index (χ0v) is 10.5. The van der Waals surface area contributed by atoms with Gasteiger partial charge in [0.2, 0.25) is 5.91 Å². The standard InChI is InChI=1S/C12H21NO2S/c14-9-12(6-2-3-7-12)13-11(15)10-5-1-4-8-16-10/h10,14H,1-9H2,(H,13,15). The lowest BCUT2D eigenvalue weighted by atomic mass is 9.98. The number of aliphatic hydroxyl groups is 1. The molecule has 1 amide bonds. The van der Waals surface area contributed by atoms with Gasteiger partial charge in [-0.3, -0.25) is 4.79 Å². The summed E-state index contributed by atoms with van der Waals surface area (Å²) < 4.78 is 0. The lowest BCUT2D eigenvalue weighted by molar-refractivity contribution is -0.123. The van der Waals surface area contributed by atoms with Gasteiger partial charge in [0.05, 0.1) is 17.4 Å². The van der Waals surface area contributed by atoms with Crippen LogP contribution in [0.25, 0.3) is 0 Å². The fraction of sp³-hybridized carbons (Fsp3) is 0.917. The summed E-state index contributed by atoms with van der Waals surface area (Å²) in [4.78, 5) is 12.1. The van der Waals surface area contributed by atoms with Crippen LogP contribution in [0.1, 0.15) is 44.9 Å². The minimum Gasteiger partial charge on any atom is -0.394 e. The van der Waals surface area contributed by atoms with Crippen molar-refractivity contribution in [1.29, 1.82) is 0 Å². The van der Waals surface area contributed by atoms with E-state index in [1.54, 1.807) is 11.8 Å². The molecule has 0 bridgehead atoms. The van der Waals surface area contributed by atoms with Gasteiger partial charge < -0.3 is 10.4 Å². The fourth-order valence-electron chi connectivity index (χ4n) is 2.66. The Bertz CT molecular complexity index is 245. The normalized spacial score (nSPS) is 28.9. The summed E-state index contributed by atoms with van der Waals surface area (Å²) in [5, 5.41) is 12.7. The highest BCUT2D eigenvalue weighted by Crippen LogP contribution is 2.31. The lowest BCUT2D eigenvalue weighted by Crippen LogP contribution is -2.52. The summed E-state index contributed by atoms with van der Waals surface area (Å²) in [5.74, 6) is 1.25. The van der Waals surface area contributed by atoms with E-state index in [9.17, 15) is 9.90 Å². The van der Waals surface area contributed by atoms with E-state index in [-0.39, 0.29) is 23.3 Å². The maximum absolute atomic E-state index is 12.1. The van der Waals surface area contributed by atoms with Gasteiger partial charge in [0.15, 0.2) is 0 Å². The zero-order valence-electron chi connectivity index (χ0n) is 9.71. The Hall–Kier alpha value is -0.220. The van der Waals surface area contributed by atoms with E-state index < -0.39 is 0 Å². The highest BCUT2D eigenvalue weighted by molar-refractivity contribution is 8.00. The minimum atomic E-state index is -0.297. The van der Waals surface area contributed by atoms with Crippen LogP contribution < -0.4 is 5.32 Å². The van der Waals surface area contributed by atoms with Crippen LogP contribution in [0, 0.1) is 0 Å². The quantitative estimate of drug-likeness (QED) is 0.793. The summed E-state index contributed by atoms with van der Waals surface area (Å²) in [6.45, 7) is 0.0934. The average molecular weight is 243 g/mol. The molecule has 1 heterocycles. The van der Waals surface area contributed by atoms with Crippen LogP contribution in [-0.4, -0.2) is 34.2 Å². The third-order valence-electron chi connectivity index (χ3n) is 3.72. The Morgan fingerprint density at radius 1 is 1.31 bits per heavy atom. The maximum atomic E-state index is 12.1. The molecular formula is C12H21NO2S. The zero-order chi connectivity index (χ0) is 11.4. The largest absolute Gasteiger partial charge is 0.394 e. The van der Waals surface area contributed by atoms with E-state index in [0.717, 1.165) is 44.3 Å². The Kier molecular flexibility index (Phi) is 4.14. The van der Waals surface area contributed by atoms with Gasteiger partial charge in [-0.25, -0.2) is 0 Å². The molecule has 92 valence electrons. The molecule has 4 heteroatoms. The van der Waals surface area contributed by atoms with Gasteiger partial charge in [0, 0.05) is 0 Å². The molecular weight excluding hydrogens is 222 g/mol. The topological polar surface area (TPSA) is 49.3 Å². The molecule has 1 saturated heterocycles. The van der Waals surface area contributed by atoms with E-state index in [1.165, 1.54) is 6.42 Å². The molecule has 16 heavy (non-hydrogen) atoms. The van der Waals surface area contributed by atoms with Gasteiger partial charge in [-0.15, -0.1) is 11.8 Å². The van der Waals surface area contributed by atoms with Crippen molar-refractivity contribution >= 4 is 17.7 Å². The number of amides is 1. The highest BCUT2D eigenvalue weighted by atomic mass is 32.2. The molecule has 0 aromatic rings. The predicted octanol–water partition coefficient (Wildman–Crippen LogP) is 1.69. The van der Waals surface area contributed by atoms with Crippen LogP contribution in [0.5, 0.6) is 0 Å². The van der Waals surface area contributed by atoms with Crippen LogP contribution in [0.3, 0.4) is 0 Å². The van der Waals surface area contributed by atoms with Crippen LogP contribution >= 0.6 is 11.8 Å². The Balaban J connectivity index is 1.89. The predicted molar refractivity (Wildman–Crippen MR) is 66.5 cm³/mol. The molecule has 1 aliphatic carbocycles. The van der Waals surface area contributed by atoms with Crippen LogP contribution in [0.2, 0.25) is 0 Å². The van der Waals surface area contributed by atoms with Crippen LogP contribution in [0.15, 0.2) is 0 Å². The molecule has 2 aliphatic rings. The first-order valence-electron chi connectivity index (χ1n) is 6.30. The van der Waals surface area contributed by atoms with Crippen molar-refractivity contribution in [2.45, 2.75) is 55.7 Å². The molecule has 3 nitrogen and oxygen atoms in total. The van der Waals surface area contributed by atoms with Gasteiger partial charge >= 0.3 is 0 Å². The first-order chi connectivity index (χ1) is 7.76. The maximum Gasteiger partial charge on any atom is 0.233 e. The van der Waals surface area contributed by atoms with Crippen molar-refractivity contribution in [3.05, 3.63) is 0 Å². The number of carbonyl (C=O) groups excluding carboxylic acids is 1. The Morgan fingerprint density at radius 2 is 2.06 bits per heavy atom. The second-order valence-electron chi connectivity index (χ2n) is 4.99. The number of rotatable bonds is 3. The lowest BCUT2D eigenvalue weighted by Gasteiger charge is -2.31. The smallest absolute Gasteiger partial charge is 0.233 e. The molecule has 1 saturated carbocycles. The van der Waals surface area contributed by atoms with Crippen molar-refractivity contribution < 1.29 is 9.90 Å². The monoisotopic (exact) mass is 243 g/mol. The molecule has 1 unspecified atom stereocenters. The molecule has 1 atom stereocenters. The van der Waals surface area contributed by atoms with Crippen molar-refractivity contribution in [2.24, 2.45) is 0 Å². The van der Waals surface area contributed by atoms with Gasteiger partial charge in [0.25, 0.3) is 0 Å². The minimum absolute atomic E-state index is 0.0934. The van der Waals surface area contributed by atoms with E-state index in [0.29, 0.717) is 0 Å². The van der Waals surface area contributed by atoms with E-state index in [2.05, 4.69) is 5.32 Å². The van der Waals surface area contributed by atoms with Gasteiger partial charge in [-0.2, -0.15) is 0 Å². The Labute approximate surface area is 101 Å². The fourth-order valence-corrected chi connectivity index (χ4v) is 3.86. The van der Waals surface area contributed by atoms with Gasteiger partial charge in [0.1, 0.15) is 0 Å². The first-order valence-corrected chi connectivity index (χ1v) is 7.35. The number of aliphatic hydroxyl groups excluding tert-OH is 1. The van der Waals surface area contributed by atoms with Gasteiger partial charge in [-0.05, 0) is 31.4 Å². The van der Waals surface area contributed by atoms with Crippen molar-refractivity contribution in [3.8, 4) is 0 Å². The molecule has 0 aromatic carbocycles. The van der Waals surface area contributed by atoms with E-state index in [4.69, 9.17) is 0 Å².